The molecule has 5 heteroatoms. The second kappa shape index (κ2) is 11.4. The zero-order valence-corrected chi connectivity index (χ0v) is 19.0. The molecule has 31 heavy (non-hydrogen) atoms. The molecule has 0 radical (unpaired) electrons. The average Bonchev–Trinajstić information content (AvgIpc) is 2.81. The number of hydrogen-bond donors (Lipinski definition) is 0. The molecule has 0 unspecified atom stereocenters. The maximum Gasteiger partial charge on any atom is 0.167 e. The summed E-state index contributed by atoms with van der Waals surface area (Å²) in [6, 6.07) is 18.2. The number of ether oxygens (including phenoxy) is 5. The van der Waals surface area contributed by atoms with Gasteiger partial charge in [0, 0.05) is 33.5 Å². The maximum atomic E-state index is 6.29. The normalized spacial score (nSPS) is 24.9. The fourth-order valence-electron chi connectivity index (χ4n) is 3.87. The third-order valence-corrected chi connectivity index (χ3v) is 5.72. The SMILES string of the molecule is COc1ccc(CO[C@@H]2C[C@H](C[C@H](/C=C/c3ccccc3)OC)O[C@@](C)(OC)C2)cc1. The van der Waals surface area contributed by atoms with E-state index >= 15 is 0 Å². The van der Waals surface area contributed by atoms with Crippen LogP contribution in [0.15, 0.2) is 60.7 Å². The highest BCUT2D eigenvalue weighted by Crippen LogP contribution is 2.34. The molecule has 0 aliphatic carbocycles. The second-order valence-electron chi connectivity index (χ2n) is 8.08. The third-order valence-electron chi connectivity index (χ3n) is 5.72. The minimum absolute atomic E-state index is 0.0232. The molecular formula is C26H34O5. The Morgan fingerprint density at radius 1 is 1.06 bits per heavy atom. The second-order valence-corrected chi connectivity index (χ2v) is 8.08. The van der Waals surface area contributed by atoms with E-state index in [1.807, 2.05) is 49.4 Å². The van der Waals surface area contributed by atoms with Gasteiger partial charge in [0.05, 0.1) is 32.0 Å². The van der Waals surface area contributed by atoms with E-state index in [-0.39, 0.29) is 18.3 Å². The van der Waals surface area contributed by atoms with Crippen LogP contribution in [-0.2, 0) is 25.6 Å². The molecule has 0 spiro atoms. The van der Waals surface area contributed by atoms with Crippen LogP contribution in [-0.4, -0.2) is 45.4 Å². The predicted octanol–water partition coefficient (Wildman–Crippen LogP) is 5.24. The Morgan fingerprint density at radius 3 is 2.45 bits per heavy atom. The molecule has 1 heterocycles. The number of hydrogen-bond acceptors (Lipinski definition) is 5. The van der Waals surface area contributed by atoms with Gasteiger partial charge >= 0.3 is 0 Å². The predicted molar refractivity (Wildman–Crippen MR) is 122 cm³/mol. The van der Waals surface area contributed by atoms with Crippen LogP contribution in [0.2, 0.25) is 0 Å². The van der Waals surface area contributed by atoms with Gasteiger partial charge in [-0.1, -0.05) is 54.6 Å². The van der Waals surface area contributed by atoms with Crippen molar-refractivity contribution in [2.45, 2.75) is 56.9 Å². The van der Waals surface area contributed by atoms with Gasteiger partial charge in [-0.15, -0.1) is 0 Å². The summed E-state index contributed by atoms with van der Waals surface area (Å²) < 4.78 is 29.2. The van der Waals surface area contributed by atoms with Crippen molar-refractivity contribution in [2.24, 2.45) is 0 Å². The summed E-state index contributed by atoms with van der Waals surface area (Å²) in [5.74, 6) is 0.172. The molecule has 0 amide bonds. The van der Waals surface area contributed by atoms with Crippen LogP contribution < -0.4 is 4.74 Å². The first-order chi connectivity index (χ1) is 15.0. The zero-order chi connectivity index (χ0) is 22.1. The van der Waals surface area contributed by atoms with E-state index in [1.54, 1.807) is 21.3 Å². The van der Waals surface area contributed by atoms with Crippen LogP contribution in [0.5, 0.6) is 5.75 Å². The lowest BCUT2D eigenvalue weighted by atomic mass is 9.95. The highest BCUT2D eigenvalue weighted by atomic mass is 16.7. The van der Waals surface area contributed by atoms with Gasteiger partial charge in [0.15, 0.2) is 5.79 Å². The fraction of sp³-hybridized carbons (Fsp3) is 0.462. The van der Waals surface area contributed by atoms with Crippen molar-refractivity contribution in [1.29, 1.82) is 0 Å². The standard InChI is InChI=1S/C26H34O5/c1-26(29-4)18-25(30-19-21-11-13-22(27-2)14-12-21)17-24(31-26)16-23(28-3)15-10-20-8-6-5-7-9-20/h5-15,23-25H,16-19H2,1-4H3/b15-10+/t23-,24-,25+,26+/m0/s1. The largest absolute Gasteiger partial charge is 0.497 e. The third kappa shape index (κ3) is 7.18. The van der Waals surface area contributed by atoms with E-state index in [0.717, 1.165) is 29.7 Å². The van der Waals surface area contributed by atoms with Crippen molar-refractivity contribution in [1.82, 2.24) is 0 Å². The first kappa shape index (κ1) is 23.5. The van der Waals surface area contributed by atoms with E-state index in [0.29, 0.717) is 13.0 Å². The summed E-state index contributed by atoms with van der Waals surface area (Å²) in [5.41, 5.74) is 2.26. The molecule has 0 bridgehead atoms. The molecule has 1 fully saturated rings. The summed E-state index contributed by atoms with van der Waals surface area (Å²) in [4.78, 5) is 0. The van der Waals surface area contributed by atoms with Gasteiger partial charge in [-0.2, -0.15) is 0 Å². The van der Waals surface area contributed by atoms with Gasteiger partial charge in [-0.3, -0.25) is 0 Å². The van der Waals surface area contributed by atoms with E-state index in [1.165, 1.54) is 0 Å². The first-order valence-corrected chi connectivity index (χ1v) is 10.8. The molecule has 5 nitrogen and oxygen atoms in total. The highest BCUT2D eigenvalue weighted by Gasteiger charge is 2.39. The summed E-state index contributed by atoms with van der Waals surface area (Å²) in [7, 11) is 5.09. The Morgan fingerprint density at radius 2 is 1.81 bits per heavy atom. The summed E-state index contributed by atoms with van der Waals surface area (Å²) in [5, 5.41) is 0. The molecule has 168 valence electrons. The maximum absolute atomic E-state index is 6.29. The number of methoxy groups -OCH3 is 3. The monoisotopic (exact) mass is 426 g/mol. The molecular weight excluding hydrogens is 392 g/mol. The molecule has 2 aromatic carbocycles. The molecule has 1 aliphatic rings. The Bertz CT molecular complexity index is 804. The molecule has 0 aromatic heterocycles. The van der Waals surface area contributed by atoms with Crippen molar-refractivity contribution in [3.8, 4) is 5.75 Å². The Kier molecular flexibility index (Phi) is 8.67. The Labute approximate surface area is 185 Å². The lowest BCUT2D eigenvalue weighted by Crippen LogP contribution is -2.47. The summed E-state index contributed by atoms with van der Waals surface area (Å²) >= 11 is 0. The number of benzene rings is 2. The van der Waals surface area contributed by atoms with E-state index in [4.69, 9.17) is 23.7 Å². The van der Waals surface area contributed by atoms with Crippen LogP contribution in [0.4, 0.5) is 0 Å². The van der Waals surface area contributed by atoms with Crippen molar-refractivity contribution in [2.75, 3.05) is 21.3 Å². The molecule has 0 N–H and O–H groups in total. The quantitative estimate of drug-likeness (QED) is 0.520. The summed E-state index contributed by atoms with van der Waals surface area (Å²) in [6.45, 7) is 2.52. The topological polar surface area (TPSA) is 46.2 Å². The molecule has 3 rings (SSSR count). The minimum atomic E-state index is -0.672. The molecule has 0 saturated carbocycles. The highest BCUT2D eigenvalue weighted by molar-refractivity contribution is 5.49. The Hall–Kier alpha value is -2.18. The lowest BCUT2D eigenvalue weighted by molar-refractivity contribution is -0.283. The van der Waals surface area contributed by atoms with E-state index < -0.39 is 5.79 Å². The van der Waals surface area contributed by atoms with Crippen LogP contribution in [0, 0.1) is 0 Å². The van der Waals surface area contributed by atoms with Crippen LogP contribution in [0.25, 0.3) is 6.08 Å². The van der Waals surface area contributed by atoms with Gasteiger partial charge in [-0.25, -0.2) is 0 Å². The van der Waals surface area contributed by atoms with Gasteiger partial charge in [0.1, 0.15) is 5.75 Å². The average molecular weight is 427 g/mol. The zero-order valence-electron chi connectivity index (χ0n) is 19.0. The minimum Gasteiger partial charge on any atom is -0.497 e. The van der Waals surface area contributed by atoms with Crippen molar-refractivity contribution >= 4 is 6.08 Å². The van der Waals surface area contributed by atoms with Crippen molar-refractivity contribution < 1.29 is 23.7 Å². The van der Waals surface area contributed by atoms with Crippen LogP contribution in [0.3, 0.4) is 0 Å². The molecule has 4 atom stereocenters. The Balaban J connectivity index is 1.60. The van der Waals surface area contributed by atoms with Crippen molar-refractivity contribution in [3.05, 3.63) is 71.8 Å². The smallest absolute Gasteiger partial charge is 0.167 e. The van der Waals surface area contributed by atoms with Gasteiger partial charge < -0.3 is 23.7 Å². The molecule has 1 saturated heterocycles. The summed E-state index contributed by atoms with van der Waals surface area (Å²) in [6.07, 6.45) is 6.37. The number of rotatable bonds is 10. The molecule has 2 aromatic rings. The van der Waals surface area contributed by atoms with E-state index in [2.05, 4.69) is 24.3 Å². The molecule has 1 aliphatic heterocycles. The lowest BCUT2D eigenvalue weighted by Gasteiger charge is -2.42. The van der Waals surface area contributed by atoms with Gasteiger partial charge in [0.25, 0.3) is 0 Å². The van der Waals surface area contributed by atoms with Gasteiger partial charge in [0.2, 0.25) is 0 Å². The van der Waals surface area contributed by atoms with Gasteiger partial charge in [-0.05, 0) is 30.2 Å². The van der Waals surface area contributed by atoms with E-state index in [9.17, 15) is 0 Å². The van der Waals surface area contributed by atoms with Crippen LogP contribution in [0.1, 0.15) is 37.3 Å². The van der Waals surface area contributed by atoms with Crippen LogP contribution >= 0.6 is 0 Å². The first-order valence-electron chi connectivity index (χ1n) is 10.8. The fourth-order valence-corrected chi connectivity index (χ4v) is 3.87. The van der Waals surface area contributed by atoms with Crippen molar-refractivity contribution in [3.63, 3.8) is 0 Å².